The molecule has 6 heteroatoms. The van der Waals surface area contributed by atoms with E-state index in [1.165, 1.54) is 6.42 Å². The van der Waals surface area contributed by atoms with Crippen LogP contribution in [0.1, 0.15) is 25.5 Å². The summed E-state index contributed by atoms with van der Waals surface area (Å²) in [4.78, 5) is 4.24. The highest BCUT2D eigenvalue weighted by molar-refractivity contribution is 14.1. The smallest absolute Gasteiger partial charge is 0.150 e. The van der Waals surface area contributed by atoms with Crippen molar-refractivity contribution in [1.82, 2.24) is 14.8 Å². The molecule has 0 aromatic carbocycles. The second-order valence-electron chi connectivity index (χ2n) is 4.05. The predicted molar refractivity (Wildman–Crippen MR) is 76.8 cm³/mol. The number of nitrogens with zero attached hydrogens (tertiary/aromatic N) is 3. The van der Waals surface area contributed by atoms with Crippen molar-refractivity contribution in [3.63, 3.8) is 0 Å². The fourth-order valence-corrected chi connectivity index (χ4v) is 3.79. The minimum absolute atomic E-state index is 0.0732. The third-order valence-electron chi connectivity index (χ3n) is 2.96. The monoisotopic (exact) mass is 407 g/mol. The number of halogens is 2. The second kappa shape index (κ2) is 4.81. The largest absolute Gasteiger partial charge is 0.356 e. The zero-order valence-corrected chi connectivity index (χ0v) is 12.8. The molecular formula is C11H11BrIN3O. The van der Waals surface area contributed by atoms with Crippen LogP contribution in [-0.4, -0.2) is 21.4 Å². The van der Waals surface area contributed by atoms with E-state index in [0.717, 1.165) is 38.7 Å². The first-order valence-corrected chi connectivity index (χ1v) is 7.44. The Morgan fingerprint density at radius 1 is 1.47 bits per heavy atom. The summed E-state index contributed by atoms with van der Waals surface area (Å²) in [5.74, 6) is 0. The van der Waals surface area contributed by atoms with Crippen molar-refractivity contribution in [2.45, 2.75) is 25.5 Å². The molecule has 0 aliphatic carbocycles. The van der Waals surface area contributed by atoms with Crippen LogP contribution in [0.2, 0.25) is 0 Å². The van der Waals surface area contributed by atoms with Crippen molar-refractivity contribution >= 4 is 49.4 Å². The van der Waals surface area contributed by atoms with Crippen molar-refractivity contribution in [1.29, 1.82) is 0 Å². The van der Waals surface area contributed by atoms with E-state index < -0.39 is 0 Å². The Balaban J connectivity index is 2.13. The molecule has 1 saturated heterocycles. The maximum absolute atomic E-state index is 5.79. The molecule has 0 amide bonds. The van der Waals surface area contributed by atoms with E-state index in [2.05, 4.69) is 48.6 Å². The van der Waals surface area contributed by atoms with Gasteiger partial charge < -0.3 is 4.74 Å². The topological polar surface area (TPSA) is 39.9 Å². The molecule has 0 bridgehead atoms. The Bertz CT molecular complexity index is 551. The van der Waals surface area contributed by atoms with E-state index in [1.807, 2.05) is 10.7 Å². The Morgan fingerprint density at radius 3 is 3.12 bits per heavy atom. The zero-order valence-electron chi connectivity index (χ0n) is 9.07. The van der Waals surface area contributed by atoms with E-state index in [1.54, 1.807) is 6.20 Å². The van der Waals surface area contributed by atoms with Gasteiger partial charge >= 0.3 is 0 Å². The fourth-order valence-electron chi connectivity index (χ4n) is 2.14. The Hall–Kier alpha value is -0.210. The molecule has 2 aromatic rings. The molecule has 2 aromatic heterocycles. The highest BCUT2D eigenvalue weighted by Gasteiger charge is 2.21. The highest BCUT2D eigenvalue weighted by atomic mass is 127. The number of pyridine rings is 1. The summed E-state index contributed by atoms with van der Waals surface area (Å²) < 4.78 is 9.59. The molecule has 1 unspecified atom stereocenters. The van der Waals surface area contributed by atoms with Gasteiger partial charge in [0.05, 0.1) is 10.9 Å². The lowest BCUT2D eigenvalue weighted by atomic mass is 10.2. The van der Waals surface area contributed by atoms with Gasteiger partial charge in [0, 0.05) is 12.8 Å². The average molecular weight is 408 g/mol. The van der Waals surface area contributed by atoms with Crippen LogP contribution in [0.3, 0.4) is 0 Å². The molecule has 0 saturated carbocycles. The predicted octanol–water partition coefficient (Wildman–Crippen LogP) is 3.50. The molecular weight excluding hydrogens is 397 g/mol. The molecule has 90 valence electrons. The second-order valence-corrected chi connectivity index (χ2v) is 5.83. The summed E-state index contributed by atoms with van der Waals surface area (Å²) in [7, 11) is 0. The van der Waals surface area contributed by atoms with Crippen molar-refractivity contribution in [2.75, 3.05) is 6.61 Å². The number of rotatable bonds is 1. The number of ether oxygens (including phenoxy) is 1. The van der Waals surface area contributed by atoms with E-state index >= 15 is 0 Å². The maximum Gasteiger partial charge on any atom is 0.150 e. The Kier molecular flexibility index (Phi) is 3.36. The lowest BCUT2D eigenvalue weighted by Gasteiger charge is -2.23. The van der Waals surface area contributed by atoms with Crippen LogP contribution < -0.4 is 0 Å². The summed E-state index contributed by atoms with van der Waals surface area (Å²) >= 11 is 5.72. The van der Waals surface area contributed by atoms with Crippen molar-refractivity contribution in [3.05, 3.63) is 20.6 Å². The SMILES string of the molecule is Brc1nccc2c1c(I)nn2C1CCCCO1. The van der Waals surface area contributed by atoms with Crippen LogP contribution in [0.4, 0.5) is 0 Å². The molecule has 1 aliphatic rings. The van der Waals surface area contributed by atoms with Gasteiger partial charge in [-0.2, -0.15) is 5.10 Å². The standard InChI is InChI=1S/C11H11BrIN3O/c12-10-9-7(4-5-14-10)16(15-11(9)13)8-3-1-2-6-17-8/h4-5,8H,1-3,6H2. The number of hydrogen-bond acceptors (Lipinski definition) is 3. The normalized spacial score (nSPS) is 20.9. The fraction of sp³-hybridized carbons (Fsp3) is 0.455. The molecule has 1 atom stereocenters. The summed E-state index contributed by atoms with van der Waals surface area (Å²) in [6.07, 6.45) is 5.26. The average Bonchev–Trinajstić information content (AvgIpc) is 2.69. The summed E-state index contributed by atoms with van der Waals surface area (Å²) in [5, 5.41) is 5.65. The van der Waals surface area contributed by atoms with Crippen LogP contribution >= 0.6 is 38.5 Å². The third-order valence-corrected chi connectivity index (χ3v) is 4.32. The first kappa shape index (κ1) is 11.9. The molecule has 1 aliphatic heterocycles. The molecule has 0 spiro atoms. The lowest BCUT2D eigenvalue weighted by Crippen LogP contribution is -2.19. The molecule has 0 N–H and O–H groups in total. The summed E-state index contributed by atoms with van der Waals surface area (Å²) in [5.41, 5.74) is 1.09. The van der Waals surface area contributed by atoms with Crippen molar-refractivity contribution < 1.29 is 4.74 Å². The highest BCUT2D eigenvalue weighted by Crippen LogP contribution is 2.31. The lowest BCUT2D eigenvalue weighted by molar-refractivity contribution is -0.0368. The van der Waals surface area contributed by atoms with Gasteiger partial charge in [0.2, 0.25) is 0 Å². The van der Waals surface area contributed by atoms with Gasteiger partial charge in [-0.15, -0.1) is 0 Å². The Morgan fingerprint density at radius 2 is 2.35 bits per heavy atom. The van der Waals surface area contributed by atoms with Crippen molar-refractivity contribution in [3.8, 4) is 0 Å². The van der Waals surface area contributed by atoms with E-state index in [-0.39, 0.29) is 6.23 Å². The van der Waals surface area contributed by atoms with Crippen LogP contribution in [0.25, 0.3) is 10.9 Å². The number of hydrogen-bond donors (Lipinski definition) is 0. The van der Waals surface area contributed by atoms with Gasteiger partial charge in [0.25, 0.3) is 0 Å². The van der Waals surface area contributed by atoms with Gasteiger partial charge in [0.15, 0.2) is 6.23 Å². The first-order valence-electron chi connectivity index (χ1n) is 5.57. The van der Waals surface area contributed by atoms with Crippen LogP contribution in [0.5, 0.6) is 0 Å². The van der Waals surface area contributed by atoms with Gasteiger partial charge in [-0.25, -0.2) is 9.67 Å². The van der Waals surface area contributed by atoms with Gasteiger partial charge in [0.1, 0.15) is 8.30 Å². The van der Waals surface area contributed by atoms with Crippen molar-refractivity contribution in [2.24, 2.45) is 0 Å². The third kappa shape index (κ3) is 2.10. The molecule has 1 fully saturated rings. The maximum atomic E-state index is 5.79. The molecule has 0 radical (unpaired) electrons. The van der Waals surface area contributed by atoms with Gasteiger partial charge in [-0.3, -0.25) is 0 Å². The van der Waals surface area contributed by atoms with Gasteiger partial charge in [-0.1, -0.05) is 0 Å². The molecule has 4 nitrogen and oxygen atoms in total. The first-order chi connectivity index (χ1) is 8.27. The minimum Gasteiger partial charge on any atom is -0.356 e. The minimum atomic E-state index is 0.0732. The summed E-state index contributed by atoms with van der Waals surface area (Å²) in [6.45, 7) is 0.828. The zero-order chi connectivity index (χ0) is 11.8. The molecule has 17 heavy (non-hydrogen) atoms. The van der Waals surface area contributed by atoms with Crippen LogP contribution in [0, 0.1) is 3.70 Å². The van der Waals surface area contributed by atoms with Gasteiger partial charge in [-0.05, 0) is 63.8 Å². The number of fused-ring (bicyclic) bond motifs is 1. The molecule has 3 rings (SSSR count). The quantitative estimate of drug-likeness (QED) is 0.536. The van der Waals surface area contributed by atoms with E-state index in [4.69, 9.17) is 4.74 Å². The van der Waals surface area contributed by atoms with E-state index in [9.17, 15) is 0 Å². The molecule has 3 heterocycles. The van der Waals surface area contributed by atoms with Crippen LogP contribution in [-0.2, 0) is 4.74 Å². The number of aromatic nitrogens is 3. The van der Waals surface area contributed by atoms with E-state index in [0.29, 0.717) is 0 Å². The summed E-state index contributed by atoms with van der Waals surface area (Å²) in [6, 6.07) is 1.99. The van der Waals surface area contributed by atoms with Crippen LogP contribution in [0.15, 0.2) is 16.9 Å². The Labute approximate surface area is 121 Å².